The Labute approximate surface area is 111 Å². The number of nitrogens with one attached hydrogen (secondary N) is 1. The molecule has 2 N–H and O–H groups in total. The molecule has 1 atom stereocenters. The SMILES string of the molecule is CC(NCC(C)(C)CO)C(=O)N1CCCCCC1. The van der Waals surface area contributed by atoms with Crippen LogP contribution in [0.3, 0.4) is 0 Å². The molecule has 0 radical (unpaired) electrons. The Hall–Kier alpha value is -0.610. The second-order valence-electron chi connectivity index (χ2n) is 6.16. The molecule has 1 unspecified atom stereocenters. The Morgan fingerprint density at radius 1 is 1.28 bits per heavy atom. The molecule has 4 heteroatoms. The molecule has 4 nitrogen and oxygen atoms in total. The topological polar surface area (TPSA) is 52.6 Å². The van der Waals surface area contributed by atoms with Gasteiger partial charge in [-0.05, 0) is 19.8 Å². The maximum absolute atomic E-state index is 12.3. The zero-order valence-corrected chi connectivity index (χ0v) is 12.0. The zero-order chi connectivity index (χ0) is 13.6. The van der Waals surface area contributed by atoms with E-state index < -0.39 is 0 Å². The standard InChI is InChI=1S/C14H28N2O2/c1-12(15-10-14(2,3)11-17)13(18)16-8-6-4-5-7-9-16/h12,15,17H,4-11H2,1-3H3. The van der Waals surface area contributed by atoms with Crippen molar-refractivity contribution in [1.82, 2.24) is 10.2 Å². The number of aliphatic hydroxyl groups excluding tert-OH is 1. The second-order valence-corrected chi connectivity index (χ2v) is 6.16. The van der Waals surface area contributed by atoms with Gasteiger partial charge in [-0.1, -0.05) is 26.7 Å². The largest absolute Gasteiger partial charge is 0.396 e. The van der Waals surface area contributed by atoms with Gasteiger partial charge < -0.3 is 15.3 Å². The lowest BCUT2D eigenvalue weighted by molar-refractivity contribution is -0.133. The van der Waals surface area contributed by atoms with Crippen LogP contribution in [0.5, 0.6) is 0 Å². The van der Waals surface area contributed by atoms with Crippen LogP contribution in [0.1, 0.15) is 46.5 Å². The van der Waals surface area contributed by atoms with E-state index in [1.807, 2.05) is 25.7 Å². The summed E-state index contributed by atoms with van der Waals surface area (Å²) in [5, 5.41) is 12.4. The number of rotatable bonds is 5. The van der Waals surface area contributed by atoms with Crippen LogP contribution in [0.15, 0.2) is 0 Å². The van der Waals surface area contributed by atoms with Crippen molar-refractivity contribution in [2.45, 2.75) is 52.5 Å². The van der Waals surface area contributed by atoms with Crippen molar-refractivity contribution in [3.8, 4) is 0 Å². The first kappa shape index (κ1) is 15.4. The molecule has 0 aromatic rings. The third-order valence-electron chi connectivity index (χ3n) is 3.60. The molecule has 0 saturated carbocycles. The molecule has 0 spiro atoms. The van der Waals surface area contributed by atoms with Crippen LogP contribution in [-0.2, 0) is 4.79 Å². The molecule has 0 aromatic carbocycles. The number of aliphatic hydroxyl groups is 1. The van der Waals surface area contributed by atoms with Crippen LogP contribution in [0.2, 0.25) is 0 Å². The third kappa shape index (κ3) is 4.94. The van der Waals surface area contributed by atoms with Gasteiger partial charge in [0.15, 0.2) is 0 Å². The van der Waals surface area contributed by atoms with Crippen LogP contribution < -0.4 is 5.32 Å². The van der Waals surface area contributed by atoms with Crippen molar-refractivity contribution >= 4 is 5.91 Å². The van der Waals surface area contributed by atoms with Crippen LogP contribution >= 0.6 is 0 Å². The minimum atomic E-state index is -0.173. The Kier molecular flexibility index (Phi) is 6.09. The first-order valence-corrected chi connectivity index (χ1v) is 7.09. The smallest absolute Gasteiger partial charge is 0.239 e. The van der Waals surface area contributed by atoms with Crippen LogP contribution in [0, 0.1) is 5.41 Å². The summed E-state index contributed by atoms with van der Waals surface area (Å²) >= 11 is 0. The molecule has 1 rings (SSSR count). The number of hydrogen-bond acceptors (Lipinski definition) is 3. The third-order valence-corrected chi connectivity index (χ3v) is 3.60. The van der Waals surface area contributed by atoms with Crippen molar-refractivity contribution in [3.63, 3.8) is 0 Å². The van der Waals surface area contributed by atoms with Gasteiger partial charge >= 0.3 is 0 Å². The van der Waals surface area contributed by atoms with Gasteiger partial charge in [-0.25, -0.2) is 0 Å². The predicted octanol–water partition coefficient (Wildman–Crippen LogP) is 1.39. The van der Waals surface area contributed by atoms with E-state index in [0.29, 0.717) is 6.54 Å². The summed E-state index contributed by atoms with van der Waals surface area (Å²) in [7, 11) is 0. The summed E-state index contributed by atoms with van der Waals surface area (Å²) in [5.41, 5.74) is -0.173. The Balaban J connectivity index is 2.40. The van der Waals surface area contributed by atoms with E-state index in [9.17, 15) is 9.90 Å². The molecular weight excluding hydrogens is 228 g/mol. The average Bonchev–Trinajstić information content (AvgIpc) is 2.64. The van der Waals surface area contributed by atoms with E-state index in [1.165, 1.54) is 12.8 Å². The predicted molar refractivity (Wildman–Crippen MR) is 73.4 cm³/mol. The highest BCUT2D eigenvalue weighted by Crippen LogP contribution is 2.13. The van der Waals surface area contributed by atoms with Gasteiger partial charge in [0.25, 0.3) is 0 Å². The van der Waals surface area contributed by atoms with Crippen molar-refractivity contribution in [1.29, 1.82) is 0 Å². The molecule has 18 heavy (non-hydrogen) atoms. The molecule has 0 aliphatic carbocycles. The summed E-state index contributed by atoms with van der Waals surface area (Å²) in [6.45, 7) is 8.48. The van der Waals surface area contributed by atoms with Gasteiger partial charge in [0, 0.05) is 31.7 Å². The molecule has 0 bridgehead atoms. The van der Waals surface area contributed by atoms with E-state index in [2.05, 4.69) is 5.32 Å². The van der Waals surface area contributed by atoms with Gasteiger partial charge in [-0.3, -0.25) is 4.79 Å². The monoisotopic (exact) mass is 256 g/mol. The fraction of sp³-hybridized carbons (Fsp3) is 0.929. The van der Waals surface area contributed by atoms with Gasteiger partial charge in [-0.2, -0.15) is 0 Å². The number of likely N-dealkylation sites (tertiary alicyclic amines) is 1. The molecule has 1 amide bonds. The maximum atomic E-state index is 12.3. The summed E-state index contributed by atoms with van der Waals surface area (Å²) in [5.74, 6) is 0.200. The van der Waals surface area contributed by atoms with E-state index in [-0.39, 0.29) is 24.0 Å². The maximum Gasteiger partial charge on any atom is 0.239 e. The highest BCUT2D eigenvalue weighted by molar-refractivity contribution is 5.81. The molecule has 1 aliphatic heterocycles. The molecule has 1 aliphatic rings. The Morgan fingerprint density at radius 3 is 2.33 bits per heavy atom. The second kappa shape index (κ2) is 7.10. The first-order valence-electron chi connectivity index (χ1n) is 7.09. The van der Waals surface area contributed by atoms with Crippen LogP contribution in [0.25, 0.3) is 0 Å². The van der Waals surface area contributed by atoms with Crippen LogP contribution in [-0.4, -0.2) is 48.2 Å². The van der Waals surface area contributed by atoms with E-state index >= 15 is 0 Å². The number of carbonyl (C=O) groups is 1. The number of carbonyl (C=O) groups excluding carboxylic acids is 1. The van der Waals surface area contributed by atoms with Crippen molar-refractivity contribution < 1.29 is 9.90 Å². The molecule has 0 aromatic heterocycles. The van der Waals surface area contributed by atoms with Crippen molar-refractivity contribution in [2.24, 2.45) is 5.41 Å². The fourth-order valence-electron chi connectivity index (χ4n) is 2.14. The van der Waals surface area contributed by atoms with Gasteiger partial charge in [0.05, 0.1) is 6.04 Å². The van der Waals surface area contributed by atoms with Crippen molar-refractivity contribution in [3.05, 3.63) is 0 Å². The minimum absolute atomic E-state index is 0.130. The van der Waals surface area contributed by atoms with Gasteiger partial charge in [-0.15, -0.1) is 0 Å². The highest BCUT2D eigenvalue weighted by Gasteiger charge is 2.23. The molecule has 1 fully saturated rings. The van der Waals surface area contributed by atoms with Crippen molar-refractivity contribution in [2.75, 3.05) is 26.2 Å². The summed E-state index contributed by atoms with van der Waals surface area (Å²) < 4.78 is 0. The van der Waals surface area contributed by atoms with Gasteiger partial charge in [0.2, 0.25) is 5.91 Å². The zero-order valence-electron chi connectivity index (χ0n) is 12.0. The molecular formula is C14H28N2O2. The lowest BCUT2D eigenvalue weighted by Gasteiger charge is -2.28. The van der Waals surface area contributed by atoms with E-state index in [4.69, 9.17) is 0 Å². The molecule has 106 valence electrons. The number of nitrogens with zero attached hydrogens (tertiary/aromatic N) is 1. The van der Waals surface area contributed by atoms with E-state index in [0.717, 1.165) is 25.9 Å². The Bertz CT molecular complexity index is 259. The quantitative estimate of drug-likeness (QED) is 0.781. The summed E-state index contributed by atoms with van der Waals surface area (Å²) in [6, 6.07) is -0.158. The number of amides is 1. The molecule has 1 saturated heterocycles. The average molecular weight is 256 g/mol. The Morgan fingerprint density at radius 2 is 1.83 bits per heavy atom. The number of hydrogen-bond donors (Lipinski definition) is 2. The minimum Gasteiger partial charge on any atom is -0.396 e. The first-order chi connectivity index (χ1) is 8.46. The fourth-order valence-corrected chi connectivity index (χ4v) is 2.14. The van der Waals surface area contributed by atoms with Crippen LogP contribution in [0.4, 0.5) is 0 Å². The lowest BCUT2D eigenvalue weighted by atomic mass is 9.94. The summed E-state index contributed by atoms with van der Waals surface area (Å²) in [6.07, 6.45) is 4.73. The van der Waals surface area contributed by atoms with E-state index in [1.54, 1.807) is 0 Å². The summed E-state index contributed by atoms with van der Waals surface area (Å²) in [4.78, 5) is 14.2. The molecule has 1 heterocycles. The normalized spacial score (nSPS) is 19.4. The highest BCUT2D eigenvalue weighted by atomic mass is 16.3. The lowest BCUT2D eigenvalue weighted by Crippen LogP contribution is -2.48. The van der Waals surface area contributed by atoms with Gasteiger partial charge in [0.1, 0.15) is 0 Å².